The Morgan fingerprint density at radius 2 is 1.79 bits per heavy atom. The third kappa shape index (κ3) is 5.04. The molecule has 0 saturated carbocycles. The smallest absolute Gasteiger partial charge is 0.126 e. The molecule has 0 bridgehead atoms. The van der Waals surface area contributed by atoms with Crippen molar-refractivity contribution in [1.82, 2.24) is 0 Å². The van der Waals surface area contributed by atoms with Crippen LogP contribution in [0.15, 0.2) is 30.3 Å². The third-order valence-corrected chi connectivity index (χ3v) is 1.55. The molecule has 0 aliphatic carbocycles. The molecule has 0 saturated heterocycles. The summed E-state index contributed by atoms with van der Waals surface area (Å²) < 4.78 is 5.34. The van der Waals surface area contributed by atoms with E-state index in [1.54, 1.807) is 0 Å². The van der Waals surface area contributed by atoms with Gasteiger partial charge in [0.2, 0.25) is 0 Å². The van der Waals surface area contributed by atoms with Crippen molar-refractivity contribution in [3.63, 3.8) is 0 Å². The van der Waals surface area contributed by atoms with E-state index in [1.165, 1.54) is 5.56 Å². The van der Waals surface area contributed by atoms with E-state index >= 15 is 0 Å². The summed E-state index contributed by atoms with van der Waals surface area (Å²) in [5.41, 5.74) is 1.17. The van der Waals surface area contributed by atoms with E-state index in [4.69, 9.17) is 4.74 Å². The number of rotatable bonds is 0. The van der Waals surface area contributed by atoms with Gasteiger partial charge in [0.05, 0.1) is 0 Å². The zero-order valence-corrected chi connectivity index (χ0v) is 11.1. The van der Waals surface area contributed by atoms with Gasteiger partial charge in [-0.3, -0.25) is 0 Å². The van der Waals surface area contributed by atoms with Gasteiger partial charge in [-0.25, -0.2) is 0 Å². The summed E-state index contributed by atoms with van der Waals surface area (Å²) in [6.07, 6.45) is 4.10. The first-order chi connectivity index (χ1) is 4.97. The number of benzene rings is 1. The van der Waals surface area contributed by atoms with Gasteiger partial charge in [0.15, 0.2) is 0 Å². The van der Waals surface area contributed by atoms with Crippen molar-refractivity contribution in [2.24, 2.45) is 0 Å². The minimum Gasteiger partial charge on any atom is -0.489 e. The standard InChI is InChI=1S/C9H8O.Co.Cu.Mn.Ni/c1-2-6-9-8(4-1)5-3-7-10-9;;;;/h1-6H,7H2;;;;. The van der Waals surface area contributed by atoms with Gasteiger partial charge in [0, 0.05) is 73.0 Å². The molecule has 0 spiro atoms. The summed E-state index contributed by atoms with van der Waals surface area (Å²) in [5, 5.41) is 0. The molecular weight excluding hydrogens is 360 g/mol. The van der Waals surface area contributed by atoms with Gasteiger partial charge in [-0.1, -0.05) is 24.3 Å². The fraction of sp³-hybridized carbons (Fsp3) is 0.111. The Morgan fingerprint density at radius 3 is 2.43 bits per heavy atom. The molecule has 1 nitrogen and oxygen atoms in total. The fourth-order valence-corrected chi connectivity index (χ4v) is 1.06. The van der Waals surface area contributed by atoms with Crippen LogP contribution in [-0.2, 0) is 67.4 Å². The topological polar surface area (TPSA) is 9.23 Å². The van der Waals surface area contributed by atoms with Crippen molar-refractivity contribution < 1.29 is 72.1 Å². The molecule has 0 fully saturated rings. The van der Waals surface area contributed by atoms with Gasteiger partial charge in [-0.05, 0) is 12.1 Å². The molecule has 0 amide bonds. The fourth-order valence-electron chi connectivity index (χ4n) is 1.06. The normalized spacial score (nSPS) is 10.0. The summed E-state index contributed by atoms with van der Waals surface area (Å²) in [4.78, 5) is 0. The number of hydrogen-bond acceptors (Lipinski definition) is 1. The number of hydrogen-bond donors (Lipinski definition) is 0. The summed E-state index contributed by atoms with van der Waals surface area (Å²) in [6, 6.07) is 8.03. The average Bonchev–Trinajstić information content (AvgIpc) is 2.05. The van der Waals surface area contributed by atoms with Crippen molar-refractivity contribution in [2.45, 2.75) is 0 Å². The average molecular weight is 368 g/mol. The van der Waals surface area contributed by atoms with Gasteiger partial charge in [-0.2, -0.15) is 0 Å². The SMILES string of the molecule is C1=Cc2ccccc2OC1.[Co].[Cu].[Mn].[Ni]. The second kappa shape index (κ2) is 10.3. The van der Waals surface area contributed by atoms with Crippen LogP contribution in [0.2, 0.25) is 0 Å². The Hall–Kier alpha value is 0.799. The molecule has 2 rings (SSSR count). The summed E-state index contributed by atoms with van der Waals surface area (Å²) in [7, 11) is 0. The van der Waals surface area contributed by atoms with Crippen LogP contribution in [0, 0.1) is 0 Å². The van der Waals surface area contributed by atoms with Gasteiger partial charge in [-0.15, -0.1) is 0 Å². The van der Waals surface area contributed by atoms with Gasteiger partial charge in [0.25, 0.3) is 0 Å². The minimum absolute atomic E-state index is 0. The van der Waals surface area contributed by atoms with E-state index in [0.29, 0.717) is 6.61 Å². The van der Waals surface area contributed by atoms with E-state index in [-0.39, 0.29) is 67.4 Å². The zero-order valence-electron chi connectivity index (χ0n) is 6.91. The first kappa shape index (κ1) is 20.2. The van der Waals surface area contributed by atoms with E-state index in [9.17, 15) is 0 Å². The molecule has 1 aromatic rings. The molecule has 1 aliphatic heterocycles. The molecule has 87 valence electrons. The van der Waals surface area contributed by atoms with Crippen molar-refractivity contribution in [3.05, 3.63) is 35.9 Å². The molecule has 0 atom stereocenters. The maximum Gasteiger partial charge on any atom is 0.126 e. The van der Waals surface area contributed by atoms with Gasteiger partial charge in [0.1, 0.15) is 12.4 Å². The zero-order chi connectivity index (χ0) is 6.81. The van der Waals surface area contributed by atoms with Crippen molar-refractivity contribution >= 4 is 6.08 Å². The van der Waals surface area contributed by atoms with Crippen LogP contribution in [0.25, 0.3) is 6.08 Å². The quantitative estimate of drug-likeness (QED) is 0.638. The van der Waals surface area contributed by atoms with Crippen LogP contribution < -0.4 is 4.74 Å². The molecule has 0 unspecified atom stereocenters. The summed E-state index contributed by atoms with van der Waals surface area (Å²) in [6.45, 7) is 0.705. The van der Waals surface area contributed by atoms with E-state index < -0.39 is 0 Å². The van der Waals surface area contributed by atoms with Crippen LogP contribution in [0.4, 0.5) is 0 Å². The van der Waals surface area contributed by atoms with Crippen molar-refractivity contribution in [3.8, 4) is 5.75 Å². The Kier molecular flexibility index (Phi) is 14.9. The molecule has 3 radical (unpaired) electrons. The van der Waals surface area contributed by atoms with Crippen molar-refractivity contribution in [2.75, 3.05) is 6.61 Å². The molecule has 0 N–H and O–H groups in total. The van der Waals surface area contributed by atoms with Crippen LogP contribution in [0.5, 0.6) is 5.75 Å². The molecule has 1 aromatic carbocycles. The third-order valence-electron chi connectivity index (χ3n) is 1.55. The first-order valence-electron chi connectivity index (χ1n) is 3.35. The predicted octanol–water partition coefficient (Wildman–Crippen LogP) is 2.08. The number of para-hydroxylation sites is 1. The first-order valence-corrected chi connectivity index (χ1v) is 3.35. The van der Waals surface area contributed by atoms with Gasteiger partial charge >= 0.3 is 0 Å². The summed E-state index contributed by atoms with van der Waals surface area (Å²) >= 11 is 0. The summed E-state index contributed by atoms with van der Waals surface area (Å²) in [5.74, 6) is 0.991. The second-order valence-corrected chi connectivity index (χ2v) is 2.25. The maximum absolute atomic E-state index is 5.34. The van der Waals surface area contributed by atoms with Crippen LogP contribution >= 0.6 is 0 Å². The Morgan fingerprint density at radius 1 is 1.14 bits per heavy atom. The Labute approximate surface area is 126 Å². The largest absolute Gasteiger partial charge is 0.489 e. The number of ether oxygens (including phenoxy) is 1. The van der Waals surface area contributed by atoms with E-state index in [1.807, 2.05) is 30.3 Å². The van der Waals surface area contributed by atoms with E-state index in [0.717, 1.165) is 5.75 Å². The minimum atomic E-state index is 0. The number of fused-ring (bicyclic) bond motifs is 1. The second-order valence-electron chi connectivity index (χ2n) is 2.25. The van der Waals surface area contributed by atoms with Crippen LogP contribution in [0.3, 0.4) is 0 Å². The van der Waals surface area contributed by atoms with Crippen LogP contribution in [0.1, 0.15) is 5.56 Å². The molecule has 1 heterocycles. The molecular formula is C9H8CoCuMnNiO. The Balaban J connectivity index is -0.000000302. The van der Waals surface area contributed by atoms with Crippen molar-refractivity contribution in [1.29, 1.82) is 0 Å². The van der Waals surface area contributed by atoms with E-state index in [2.05, 4.69) is 6.08 Å². The molecule has 0 aromatic heterocycles. The predicted molar refractivity (Wildman–Crippen MR) is 41.0 cm³/mol. The monoisotopic (exact) mass is 367 g/mol. The van der Waals surface area contributed by atoms with Gasteiger partial charge < -0.3 is 4.74 Å². The molecule has 14 heavy (non-hydrogen) atoms. The molecule has 5 heteroatoms. The maximum atomic E-state index is 5.34. The Bertz CT molecular complexity index is 283. The van der Waals surface area contributed by atoms with Crippen LogP contribution in [-0.4, -0.2) is 6.61 Å². The molecule has 1 aliphatic rings.